The van der Waals surface area contributed by atoms with Gasteiger partial charge in [-0.05, 0) is 31.1 Å². The Kier molecular flexibility index (Phi) is 5.09. The summed E-state index contributed by atoms with van der Waals surface area (Å²) in [6.45, 7) is 0. The van der Waals surface area contributed by atoms with Crippen molar-refractivity contribution < 1.29 is 0 Å². The maximum atomic E-state index is 5.13. The van der Waals surface area contributed by atoms with Crippen molar-refractivity contribution >= 4 is 28.2 Å². The summed E-state index contributed by atoms with van der Waals surface area (Å²) in [5, 5.41) is 0. The summed E-state index contributed by atoms with van der Waals surface area (Å²) in [5.74, 6) is 0. The van der Waals surface area contributed by atoms with Crippen molar-refractivity contribution in [2.24, 2.45) is 0 Å². The Labute approximate surface area is 89.7 Å². The maximum absolute atomic E-state index is 5.13. The Morgan fingerprint density at radius 2 is 2.00 bits per heavy atom. The number of thioether (sulfide) groups is 1. The molecule has 0 fully saturated rings. The summed E-state index contributed by atoms with van der Waals surface area (Å²) in [7, 11) is 0. The molecule has 0 saturated carbocycles. The lowest BCUT2D eigenvalue weighted by Crippen LogP contribution is -1.90. The summed E-state index contributed by atoms with van der Waals surface area (Å²) in [6.07, 6.45) is 5.42. The van der Waals surface area contributed by atoms with Gasteiger partial charge in [-0.2, -0.15) is 0 Å². The predicted molar refractivity (Wildman–Crippen MR) is 65.5 cm³/mol. The van der Waals surface area contributed by atoms with Crippen molar-refractivity contribution in [2.75, 3.05) is 6.26 Å². The number of hydrogen-bond acceptors (Lipinski definition) is 2. The van der Waals surface area contributed by atoms with Crippen molar-refractivity contribution in [1.82, 2.24) is 0 Å². The highest BCUT2D eigenvalue weighted by Gasteiger charge is 1.95. The van der Waals surface area contributed by atoms with Crippen LogP contribution < -0.4 is 0 Å². The highest BCUT2D eigenvalue weighted by molar-refractivity contribution is 8.22. The van der Waals surface area contributed by atoms with Crippen LogP contribution in [0.25, 0.3) is 0 Å². The van der Waals surface area contributed by atoms with Crippen molar-refractivity contribution in [1.29, 1.82) is 0 Å². The van der Waals surface area contributed by atoms with E-state index in [4.69, 9.17) is 12.2 Å². The fourth-order valence-electron chi connectivity index (χ4n) is 1.18. The standard InChI is InChI=1S/C11H14S2/c1-13-11(12)9-5-8-10-6-3-2-4-7-10/h2-4,6-7H,5,8-9H2,1H3. The molecule has 0 heterocycles. The lowest BCUT2D eigenvalue weighted by molar-refractivity contribution is 0.877. The smallest absolute Gasteiger partial charge is 0.0475 e. The summed E-state index contributed by atoms with van der Waals surface area (Å²) in [5.41, 5.74) is 1.41. The third-order valence-electron chi connectivity index (χ3n) is 1.92. The van der Waals surface area contributed by atoms with Crippen LogP contribution in [-0.2, 0) is 6.42 Å². The zero-order valence-corrected chi connectivity index (χ0v) is 9.46. The highest BCUT2D eigenvalue weighted by Crippen LogP contribution is 2.09. The number of aryl methyl sites for hydroxylation is 1. The Bertz CT molecular complexity index is 254. The first-order valence-corrected chi connectivity index (χ1v) is 6.07. The minimum Gasteiger partial charge on any atom is -0.122 e. The SMILES string of the molecule is CSC(=S)CCCc1ccccc1. The molecule has 0 atom stereocenters. The molecule has 1 aromatic rings. The van der Waals surface area contributed by atoms with Crippen LogP contribution in [0.2, 0.25) is 0 Å². The maximum Gasteiger partial charge on any atom is 0.0475 e. The van der Waals surface area contributed by atoms with Gasteiger partial charge in [0.1, 0.15) is 0 Å². The average molecular weight is 210 g/mol. The van der Waals surface area contributed by atoms with Crippen molar-refractivity contribution in [3.8, 4) is 0 Å². The monoisotopic (exact) mass is 210 g/mol. The summed E-state index contributed by atoms with van der Waals surface area (Å²) < 4.78 is 1.12. The zero-order chi connectivity index (χ0) is 9.52. The van der Waals surface area contributed by atoms with E-state index in [-0.39, 0.29) is 0 Å². The number of thiocarbonyl (C=S) groups is 1. The first kappa shape index (κ1) is 10.7. The van der Waals surface area contributed by atoms with E-state index in [0.29, 0.717) is 0 Å². The second kappa shape index (κ2) is 6.17. The molecule has 0 unspecified atom stereocenters. The molecule has 0 aromatic heterocycles. The van der Waals surface area contributed by atoms with Gasteiger partial charge in [0, 0.05) is 4.20 Å². The normalized spacial score (nSPS) is 9.92. The lowest BCUT2D eigenvalue weighted by Gasteiger charge is -2.00. The minimum absolute atomic E-state index is 1.06. The first-order valence-electron chi connectivity index (χ1n) is 4.43. The van der Waals surface area contributed by atoms with Gasteiger partial charge in [0.15, 0.2) is 0 Å². The first-order chi connectivity index (χ1) is 6.33. The lowest BCUT2D eigenvalue weighted by atomic mass is 10.1. The van der Waals surface area contributed by atoms with Gasteiger partial charge in [-0.25, -0.2) is 0 Å². The molecule has 0 bridgehead atoms. The van der Waals surface area contributed by atoms with Crippen LogP contribution in [0.5, 0.6) is 0 Å². The molecular formula is C11H14S2. The van der Waals surface area contributed by atoms with Gasteiger partial charge in [-0.15, -0.1) is 11.8 Å². The van der Waals surface area contributed by atoms with Gasteiger partial charge in [0.25, 0.3) is 0 Å². The molecule has 0 spiro atoms. The van der Waals surface area contributed by atoms with Crippen LogP contribution in [-0.4, -0.2) is 10.5 Å². The highest BCUT2D eigenvalue weighted by atomic mass is 32.2. The Morgan fingerprint density at radius 1 is 1.31 bits per heavy atom. The van der Waals surface area contributed by atoms with Crippen molar-refractivity contribution in [3.63, 3.8) is 0 Å². The van der Waals surface area contributed by atoms with E-state index in [0.717, 1.165) is 17.0 Å². The van der Waals surface area contributed by atoms with E-state index in [2.05, 4.69) is 30.3 Å². The molecule has 0 N–H and O–H groups in total. The van der Waals surface area contributed by atoms with Gasteiger partial charge in [-0.3, -0.25) is 0 Å². The predicted octanol–water partition coefficient (Wildman–Crippen LogP) is 3.70. The Balaban J connectivity index is 2.24. The minimum atomic E-state index is 1.06. The summed E-state index contributed by atoms with van der Waals surface area (Å²) in [6, 6.07) is 10.6. The van der Waals surface area contributed by atoms with Crippen LogP contribution in [0, 0.1) is 0 Å². The molecule has 1 aromatic carbocycles. The third-order valence-corrected chi connectivity index (χ3v) is 3.28. The van der Waals surface area contributed by atoms with Gasteiger partial charge in [-0.1, -0.05) is 42.5 Å². The number of benzene rings is 1. The van der Waals surface area contributed by atoms with Gasteiger partial charge >= 0.3 is 0 Å². The van der Waals surface area contributed by atoms with Crippen LogP contribution >= 0.6 is 24.0 Å². The average Bonchev–Trinajstić information content (AvgIpc) is 2.19. The molecule has 0 aliphatic heterocycles. The van der Waals surface area contributed by atoms with Crippen LogP contribution in [0.4, 0.5) is 0 Å². The van der Waals surface area contributed by atoms with Gasteiger partial charge < -0.3 is 0 Å². The molecule has 0 nitrogen and oxygen atoms in total. The quantitative estimate of drug-likeness (QED) is 0.695. The fraction of sp³-hybridized carbons (Fsp3) is 0.364. The van der Waals surface area contributed by atoms with Crippen LogP contribution in [0.15, 0.2) is 30.3 Å². The molecule has 0 aliphatic carbocycles. The second-order valence-corrected chi connectivity index (χ2v) is 4.57. The van der Waals surface area contributed by atoms with E-state index in [1.807, 2.05) is 6.26 Å². The molecular weight excluding hydrogens is 196 g/mol. The molecule has 70 valence electrons. The molecule has 0 radical (unpaired) electrons. The molecule has 2 heteroatoms. The van der Waals surface area contributed by atoms with E-state index in [9.17, 15) is 0 Å². The van der Waals surface area contributed by atoms with Crippen molar-refractivity contribution in [3.05, 3.63) is 35.9 Å². The summed E-state index contributed by atoms with van der Waals surface area (Å²) in [4.78, 5) is 0. The number of rotatable bonds is 4. The molecule has 13 heavy (non-hydrogen) atoms. The van der Waals surface area contributed by atoms with E-state index in [1.54, 1.807) is 11.8 Å². The Morgan fingerprint density at radius 3 is 2.62 bits per heavy atom. The molecule has 0 saturated heterocycles. The van der Waals surface area contributed by atoms with Gasteiger partial charge in [0.2, 0.25) is 0 Å². The zero-order valence-electron chi connectivity index (χ0n) is 7.82. The second-order valence-electron chi connectivity index (χ2n) is 2.92. The molecule has 1 rings (SSSR count). The van der Waals surface area contributed by atoms with Crippen molar-refractivity contribution in [2.45, 2.75) is 19.3 Å². The van der Waals surface area contributed by atoms with E-state index in [1.165, 1.54) is 12.0 Å². The largest absolute Gasteiger partial charge is 0.122 e. The van der Waals surface area contributed by atoms with Crippen LogP contribution in [0.1, 0.15) is 18.4 Å². The Hall–Kier alpha value is -0.340. The third kappa shape index (κ3) is 4.44. The van der Waals surface area contributed by atoms with Gasteiger partial charge in [0.05, 0.1) is 0 Å². The summed E-state index contributed by atoms with van der Waals surface area (Å²) >= 11 is 6.82. The van der Waals surface area contributed by atoms with Crippen LogP contribution in [0.3, 0.4) is 0 Å². The van der Waals surface area contributed by atoms with E-state index < -0.39 is 0 Å². The van der Waals surface area contributed by atoms with E-state index >= 15 is 0 Å². The topological polar surface area (TPSA) is 0 Å². The molecule has 0 aliphatic rings. The number of hydrogen-bond donors (Lipinski definition) is 0. The molecule has 0 amide bonds. The fourth-order valence-corrected chi connectivity index (χ4v) is 1.68.